The minimum Gasteiger partial charge on any atom is -0.371 e. The second-order valence-corrected chi connectivity index (χ2v) is 7.61. The quantitative estimate of drug-likeness (QED) is 0.810. The molecule has 1 aromatic heterocycles. The largest absolute Gasteiger partial charge is 0.371 e. The van der Waals surface area contributed by atoms with Crippen LogP contribution in [-0.2, 0) is 20.9 Å². The van der Waals surface area contributed by atoms with Gasteiger partial charge in [0.05, 0.1) is 19.7 Å². The Morgan fingerprint density at radius 3 is 2.65 bits per heavy atom. The maximum atomic E-state index is 12.4. The number of carbonyl (C=O) groups is 2. The molecule has 3 heterocycles. The van der Waals surface area contributed by atoms with E-state index in [0.29, 0.717) is 32.7 Å². The number of ether oxygens (including phenoxy) is 1. The van der Waals surface area contributed by atoms with Crippen LogP contribution in [0.2, 0.25) is 0 Å². The number of pyridine rings is 1. The molecule has 1 aromatic rings. The summed E-state index contributed by atoms with van der Waals surface area (Å²) in [6.45, 7) is 6.62. The summed E-state index contributed by atoms with van der Waals surface area (Å²) in [6, 6.07) is 3.79. The zero-order valence-corrected chi connectivity index (χ0v) is 15.7. The maximum absolute atomic E-state index is 12.4. The normalized spacial score (nSPS) is 21.0. The molecule has 3 rings (SSSR count). The molecule has 1 atom stereocenters. The van der Waals surface area contributed by atoms with Gasteiger partial charge in [0.2, 0.25) is 11.8 Å². The van der Waals surface area contributed by atoms with Crippen molar-refractivity contribution in [3.63, 3.8) is 0 Å². The van der Waals surface area contributed by atoms with Crippen LogP contribution in [0.5, 0.6) is 0 Å². The molecular formula is C20H29N3O3. The van der Waals surface area contributed by atoms with Crippen LogP contribution in [0.1, 0.15) is 45.1 Å². The van der Waals surface area contributed by atoms with E-state index in [0.717, 1.165) is 24.8 Å². The van der Waals surface area contributed by atoms with Crippen LogP contribution in [0.15, 0.2) is 24.5 Å². The first kappa shape index (κ1) is 18.8. The van der Waals surface area contributed by atoms with Gasteiger partial charge in [-0.05, 0) is 42.9 Å². The molecule has 2 amide bonds. The topological polar surface area (TPSA) is 71.5 Å². The molecule has 2 aliphatic heterocycles. The zero-order chi connectivity index (χ0) is 18.6. The van der Waals surface area contributed by atoms with Crippen molar-refractivity contribution in [3.8, 4) is 0 Å². The summed E-state index contributed by atoms with van der Waals surface area (Å²) in [5.41, 5.74) is 0.833. The van der Waals surface area contributed by atoms with Gasteiger partial charge in [0.25, 0.3) is 0 Å². The molecule has 1 spiro atoms. The maximum Gasteiger partial charge on any atom is 0.225 e. The Morgan fingerprint density at radius 1 is 1.31 bits per heavy atom. The van der Waals surface area contributed by atoms with Gasteiger partial charge in [0.1, 0.15) is 5.60 Å². The van der Waals surface area contributed by atoms with Crippen LogP contribution in [0.3, 0.4) is 0 Å². The minimum atomic E-state index is -0.211. The van der Waals surface area contributed by atoms with E-state index >= 15 is 0 Å². The second kappa shape index (κ2) is 8.16. The Hall–Kier alpha value is -1.95. The lowest BCUT2D eigenvalue weighted by atomic mass is 9.84. The number of aromatic nitrogens is 1. The Balaban J connectivity index is 1.41. The standard InChI is InChI=1S/C20H29N3O3/c1-3-17(4-2)19(25)23-13-20(14-23)10-16(12-26-20)9-18(24)22-11-15-5-7-21-8-6-15/h5-8,16-17H,3-4,9-14H2,1-2H3,(H,22,24). The predicted octanol–water partition coefficient (Wildman–Crippen LogP) is 2.14. The molecule has 0 aliphatic carbocycles. The first-order chi connectivity index (χ1) is 12.5. The fraction of sp³-hybridized carbons (Fsp3) is 0.650. The van der Waals surface area contributed by atoms with Crippen molar-refractivity contribution in [2.24, 2.45) is 11.8 Å². The molecule has 0 bridgehead atoms. The summed E-state index contributed by atoms with van der Waals surface area (Å²) < 4.78 is 6.00. The van der Waals surface area contributed by atoms with E-state index in [9.17, 15) is 9.59 Å². The van der Waals surface area contributed by atoms with Gasteiger partial charge >= 0.3 is 0 Å². The lowest BCUT2D eigenvalue weighted by Crippen LogP contribution is -2.64. The van der Waals surface area contributed by atoms with E-state index in [4.69, 9.17) is 4.74 Å². The van der Waals surface area contributed by atoms with Crippen LogP contribution < -0.4 is 5.32 Å². The third-order valence-corrected chi connectivity index (χ3v) is 5.60. The summed E-state index contributed by atoms with van der Waals surface area (Å²) in [6.07, 6.45) is 6.57. The fourth-order valence-electron chi connectivity index (χ4n) is 4.03. The minimum absolute atomic E-state index is 0.0525. The third-order valence-electron chi connectivity index (χ3n) is 5.60. The molecule has 0 saturated carbocycles. The van der Waals surface area contributed by atoms with Crippen molar-refractivity contribution in [2.75, 3.05) is 19.7 Å². The Bertz CT molecular complexity index is 624. The number of nitrogens with zero attached hydrogens (tertiary/aromatic N) is 2. The van der Waals surface area contributed by atoms with Gasteiger partial charge in [0, 0.05) is 31.3 Å². The lowest BCUT2D eigenvalue weighted by molar-refractivity contribution is -0.162. The zero-order valence-electron chi connectivity index (χ0n) is 15.7. The summed E-state index contributed by atoms with van der Waals surface area (Å²) in [7, 11) is 0. The third kappa shape index (κ3) is 4.23. The summed E-state index contributed by atoms with van der Waals surface area (Å²) in [5, 5.41) is 2.96. The molecule has 2 fully saturated rings. The van der Waals surface area contributed by atoms with E-state index in [-0.39, 0.29) is 29.3 Å². The average molecular weight is 359 g/mol. The average Bonchev–Trinajstić information content (AvgIpc) is 3.04. The molecule has 6 heteroatoms. The Labute approximate surface area is 155 Å². The van der Waals surface area contributed by atoms with E-state index in [2.05, 4.69) is 24.1 Å². The van der Waals surface area contributed by atoms with Crippen molar-refractivity contribution in [1.29, 1.82) is 0 Å². The first-order valence-electron chi connectivity index (χ1n) is 9.63. The van der Waals surface area contributed by atoms with Gasteiger partial charge in [-0.25, -0.2) is 0 Å². The number of nitrogens with one attached hydrogen (secondary N) is 1. The second-order valence-electron chi connectivity index (χ2n) is 7.61. The number of hydrogen-bond donors (Lipinski definition) is 1. The van der Waals surface area contributed by atoms with Gasteiger partial charge in [-0.1, -0.05) is 13.8 Å². The number of amides is 2. The number of rotatable bonds is 7. The smallest absolute Gasteiger partial charge is 0.225 e. The monoisotopic (exact) mass is 359 g/mol. The van der Waals surface area contributed by atoms with E-state index in [1.165, 1.54) is 0 Å². The summed E-state index contributed by atoms with van der Waals surface area (Å²) >= 11 is 0. The summed E-state index contributed by atoms with van der Waals surface area (Å²) in [5.74, 6) is 0.667. The van der Waals surface area contributed by atoms with Crippen LogP contribution in [-0.4, -0.2) is 47.0 Å². The lowest BCUT2D eigenvalue weighted by Gasteiger charge is -2.48. The highest BCUT2D eigenvalue weighted by Gasteiger charge is 2.51. The van der Waals surface area contributed by atoms with Gasteiger partial charge < -0.3 is 15.0 Å². The first-order valence-corrected chi connectivity index (χ1v) is 9.63. The van der Waals surface area contributed by atoms with Crippen molar-refractivity contribution < 1.29 is 14.3 Å². The molecule has 1 unspecified atom stereocenters. The fourth-order valence-corrected chi connectivity index (χ4v) is 4.03. The molecule has 0 radical (unpaired) electrons. The van der Waals surface area contributed by atoms with Gasteiger partial charge in [0.15, 0.2) is 0 Å². The highest BCUT2D eigenvalue weighted by atomic mass is 16.5. The molecule has 1 N–H and O–H groups in total. The molecule has 2 saturated heterocycles. The van der Waals surface area contributed by atoms with Crippen LogP contribution in [0.25, 0.3) is 0 Å². The van der Waals surface area contributed by atoms with Crippen LogP contribution in [0.4, 0.5) is 0 Å². The highest BCUT2D eigenvalue weighted by Crippen LogP contribution is 2.39. The number of likely N-dealkylation sites (tertiary alicyclic amines) is 1. The van der Waals surface area contributed by atoms with Gasteiger partial charge in [-0.2, -0.15) is 0 Å². The van der Waals surface area contributed by atoms with Crippen LogP contribution >= 0.6 is 0 Å². The molecule has 6 nitrogen and oxygen atoms in total. The number of carbonyl (C=O) groups excluding carboxylic acids is 2. The van der Waals surface area contributed by atoms with E-state index < -0.39 is 0 Å². The SMILES string of the molecule is CCC(CC)C(=O)N1CC2(CC(CC(=O)NCc3ccncc3)CO2)C1. The highest BCUT2D eigenvalue weighted by molar-refractivity contribution is 5.80. The van der Waals surface area contributed by atoms with Crippen molar-refractivity contribution in [1.82, 2.24) is 15.2 Å². The van der Waals surface area contributed by atoms with E-state index in [1.807, 2.05) is 17.0 Å². The van der Waals surface area contributed by atoms with Crippen LogP contribution in [0, 0.1) is 11.8 Å². The molecule has 142 valence electrons. The Kier molecular flexibility index (Phi) is 5.91. The van der Waals surface area contributed by atoms with E-state index in [1.54, 1.807) is 12.4 Å². The molecule has 0 aromatic carbocycles. The van der Waals surface area contributed by atoms with Gasteiger partial charge in [-0.3, -0.25) is 14.6 Å². The van der Waals surface area contributed by atoms with Crippen molar-refractivity contribution >= 4 is 11.8 Å². The predicted molar refractivity (Wildman–Crippen MR) is 98.1 cm³/mol. The molecular weight excluding hydrogens is 330 g/mol. The molecule has 26 heavy (non-hydrogen) atoms. The Morgan fingerprint density at radius 2 is 2.00 bits per heavy atom. The van der Waals surface area contributed by atoms with Crippen molar-refractivity contribution in [3.05, 3.63) is 30.1 Å². The van der Waals surface area contributed by atoms with Gasteiger partial charge in [-0.15, -0.1) is 0 Å². The summed E-state index contributed by atoms with van der Waals surface area (Å²) in [4.78, 5) is 30.5. The molecule has 2 aliphatic rings. The number of hydrogen-bond acceptors (Lipinski definition) is 4. The van der Waals surface area contributed by atoms with Crippen molar-refractivity contribution in [2.45, 2.75) is 51.7 Å².